The Kier molecular flexibility index (Phi) is 6.38. The van der Waals surface area contributed by atoms with Crippen LogP contribution in [0.25, 0.3) is 0 Å². The van der Waals surface area contributed by atoms with Crippen LogP contribution in [-0.4, -0.2) is 41.6 Å². The van der Waals surface area contributed by atoms with Gasteiger partial charge < -0.3 is 10.0 Å². The van der Waals surface area contributed by atoms with Gasteiger partial charge in [0.1, 0.15) is 0 Å². The molecule has 5 rings (SSSR count). The molecule has 0 saturated heterocycles. The summed E-state index contributed by atoms with van der Waals surface area (Å²) in [5.74, 6) is 0.0206. The largest absolute Gasteiger partial charge is 0.478 e. The maximum atomic E-state index is 11.6. The fraction of sp³-hybridized carbons (Fsp3) is 0.379. The van der Waals surface area contributed by atoms with Crippen LogP contribution in [0.5, 0.6) is 0 Å². The Morgan fingerprint density at radius 2 is 1.88 bits per heavy atom. The first kappa shape index (κ1) is 22.6. The number of carbonyl (C=O) groups is 1. The minimum absolute atomic E-state index is 0.270. The van der Waals surface area contributed by atoms with Gasteiger partial charge in [-0.25, -0.2) is 4.79 Å². The fourth-order valence-corrected chi connectivity index (χ4v) is 5.20. The van der Waals surface area contributed by atoms with E-state index < -0.39 is 5.97 Å². The number of aromatic nitrogens is 1. The number of anilines is 2. The molecule has 1 atom stereocenters. The number of carboxylic acids is 1. The van der Waals surface area contributed by atoms with E-state index in [4.69, 9.17) is 0 Å². The summed E-state index contributed by atoms with van der Waals surface area (Å²) in [5.41, 5.74) is 7.76. The third-order valence-electron chi connectivity index (χ3n) is 7.50. The van der Waals surface area contributed by atoms with E-state index >= 15 is 0 Å². The minimum atomic E-state index is -0.886. The van der Waals surface area contributed by atoms with Crippen molar-refractivity contribution in [3.05, 3.63) is 88.7 Å². The second-order valence-electron chi connectivity index (χ2n) is 9.88. The lowest BCUT2D eigenvalue weighted by Crippen LogP contribution is -2.32. The summed E-state index contributed by atoms with van der Waals surface area (Å²) in [5, 5.41) is 9.50. The van der Waals surface area contributed by atoms with Gasteiger partial charge in [0.25, 0.3) is 0 Å². The summed E-state index contributed by atoms with van der Waals surface area (Å²) in [7, 11) is 4.30. The number of fused-ring (bicyclic) bond motifs is 1. The highest BCUT2D eigenvalue weighted by atomic mass is 16.4. The van der Waals surface area contributed by atoms with Crippen molar-refractivity contribution < 1.29 is 9.90 Å². The number of benzene rings is 2. The molecule has 1 N–H and O–H groups in total. The predicted octanol–water partition coefficient (Wildman–Crippen LogP) is 5.66. The molecule has 0 spiro atoms. The van der Waals surface area contributed by atoms with Gasteiger partial charge in [0, 0.05) is 43.4 Å². The Morgan fingerprint density at radius 3 is 2.62 bits per heavy atom. The van der Waals surface area contributed by atoms with E-state index in [1.54, 1.807) is 18.5 Å². The molecule has 2 aliphatic rings. The average molecular weight is 456 g/mol. The van der Waals surface area contributed by atoms with Crippen molar-refractivity contribution >= 4 is 17.3 Å². The zero-order chi connectivity index (χ0) is 23.7. The van der Waals surface area contributed by atoms with E-state index in [0.717, 1.165) is 30.9 Å². The molecule has 176 valence electrons. The number of hydrogen-bond donors (Lipinski definition) is 1. The number of aryl methyl sites for hydroxylation is 1. The molecule has 1 fully saturated rings. The van der Waals surface area contributed by atoms with Gasteiger partial charge >= 0.3 is 5.97 Å². The van der Waals surface area contributed by atoms with Crippen LogP contribution in [-0.2, 0) is 19.3 Å². The summed E-state index contributed by atoms with van der Waals surface area (Å²) in [4.78, 5) is 20.4. The van der Waals surface area contributed by atoms with Crippen molar-refractivity contribution in [2.75, 3.05) is 25.5 Å². The van der Waals surface area contributed by atoms with Crippen molar-refractivity contribution in [1.29, 1.82) is 0 Å². The SMILES string of the molecule is CN(c1ccc(CC2CC2)cc1)c1ccc2c(c1)CCN(C)[C@H]2CCc1cnccc1C(=O)O. The molecule has 5 nitrogen and oxygen atoms in total. The van der Waals surface area contributed by atoms with Crippen molar-refractivity contribution in [2.45, 2.75) is 44.6 Å². The van der Waals surface area contributed by atoms with Gasteiger partial charge in [-0.3, -0.25) is 9.88 Å². The number of likely N-dealkylation sites (N-methyl/N-ethyl adjacent to an activating group) is 1. The molecular formula is C29H33N3O2. The zero-order valence-electron chi connectivity index (χ0n) is 20.1. The number of pyridine rings is 1. The normalized spacial score (nSPS) is 17.9. The molecule has 2 heterocycles. The van der Waals surface area contributed by atoms with E-state index in [1.807, 2.05) is 0 Å². The average Bonchev–Trinajstić information content (AvgIpc) is 3.67. The summed E-state index contributed by atoms with van der Waals surface area (Å²) >= 11 is 0. The minimum Gasteiger partial charge on any atom is -0.478 e. The number of carboxylic acid groups (broad SMARTS) is 1. The predicted molar refractivity (Wildman–Crippen MR) is 136 cm³/mol. The van der Waals surface area contributed by atoms with Crippen LogP contribution < -0.4 is 4.90 Å². The van der Waals surface area contributed by atoms with Gasteiger partial charge in [0.2, 0.25) is 0 Å². The maximum Gasteiger partial charge on any atom is 0.336 e. The molecule has 0 radical (unpaired) electrons. The molecule has 34 heavy (non-hydrogen) atoms. The lowest BCUT2D eigenvalue weighted by molar-refractivity contribution is 0.0695. The Balaban J connectivity index is 1.32. The van der Waals surface area contributed by atoms with Crippen molar-refractivity contribution in [2.24, 2.45) is 5.92 Å². The van der Waals surface area contributed by atoms with Crippen LogP contribution in [0.15, 0.2) is 60.9 Å². The summed E-state index contributed by atoms with van der Waals surface area (Å²) < 4.78 is 0. The van der Waals surface area contributed by atoms with Gasteiger partial charge in [-0.05, 0) is 104 Å². The quantitative estimate of drug-likeness (QED) is 0.475. The van der Waals surface area contributed by atoms with Crippen molar-refractivity contribution in [3.8, 4) is 0 Å². The van der Waals surface area contributed by atoms with Crippen LogP contribution in [0.4, 0.5) is 11.4 Å². The first-order chi connectivity index (χ1) is 16.5. The summed E-state index contributed by atoms with van der Waals surface area (Å²) in [6, 6.07) is 17.7. The molecule has 2 aromatic carbocycles. The van der Waals surface area contributed by atoms with E-state index in [1.165, 1.54) is 47.3 Å². The molecule has 5 heteroatoms. The van der Waals surface area contributed by atoms with Crippen molar-refractivity contribution in [1.82, 2.24) is 9.88 Å². The van der Waals surface area contributed by atoms with E-state index in [9.17, 15) is 9.90 Å². The Bertz CT molecular complexity index is 1170. The van der Waals surface area contributed by atoms with Gasteiger partial charge in [-0.15, -0.1) is 0 Å². The summed E-state index contributed by atoms with van der Waals surface area (Å²) in [6.07, 6.45) is 9.81. The Labute approximate surface area is 202 Å². The highest BCUT2D eigenvalue weighted by Crippen LogP contribution is 2.36. The first-order valence-corrected chi connectivity index (χ1v) is 12.3. The Hall–Kier alpha value is -3.18. The second kappa shape index (κ2) is 9.59. The van der Waals surface area contributed by atoms with Gasteiger partial charge in [-0.2, -0.15) is 0 Å². The molecule has 0 unspecified atom stereocenters. The molecule has 0 amide bonds. The van der Waals surface area contributed by atoms with Crippen LogP contribution in [0.1, 0.15) is 57.9 Å². The third-order valence-corrected chi connectivity index (χ3v) is 7.50. The monoisotopic (exact) mass is 455 g/mol. The highest BCUT2D eigenvalue weighted by Gasteiger charge is 2.26. The van der Waals surface area contributed by atoms with Crippen LogP contribution in [0.3, 0.4) is 0 Å². The zero-order valence-corrected chi connectivity index (χ0v) is 20.1. The van der Waals surface area contributed by atoms with E-state index in [-0.39, 0.29) is 6.04 Å². The summed E-state index contributed by atoms with van der Waals surface area (Å²) in [6.45, 7) is 1.000. The molecule has 0 bridgehead atoms. The third kappa shape index (κ3) is 4.85. The number of rotatable bonds is 8. The molecular weight excluding hydrogens is 422 g/mol. The molecule has 1 aliphatic heterocycles. The maximum absolute atomic E-state index is 11.6. The number of aromatic carboxylic acids is 1. The Morgan fingerprint density at radius 1 is 1.12 bits per heavy atom. The first-order valence-electron chi connectivity index (χ1n) is 12.3. The van der Waals surface area contributed by atoms with E-state index in [0.29, 0.717) is 12.0 Å². The molecule has 1 aromatic heterocycles. The van der Waals surface area contributed by atoms with Gasteiger partial charge in [0.15, 0.2) is 0 Å². The number of hydrogen-bond acceptors (Lipinski definition) is 4. The van der Waals surface area contributed by atoms with Crippen molar-refractivity contribution in [3.63, 3.8) is 0 Å². The van der Waals surface area contributed by atoms with Crippen LogP contribution >= 0.6 is 0 Å². The van der Waals surface area contributed by atoms with Gasteiger partial charge in [-0.1, -0.05) is 18.2 Å². The topological polar surface area (TPSA) is 56.7 Å². The molecule has 1 saturated carbocycles. The lowest BCUT2D eigenvalue weighted by atomic mass is 9.88. The van der Waals surface area contributed by atoms with Crippen LogP contribution in [0, 0.1) is 5.92 Å². The lowest BCUT2D eigenvalue weighted by Gasteiger charge is -2.35. The highest BCUT2D eigenvalue weighted by molar-refractivity contribution is 5.89. The second-order valence-corrected chi connectivity index (χ2v) is 9.88. The molecule has 1 aliphatic carbocycles. The van der Waals surface area contributed by atoms with E-state index in [2.05, 4.69) is 71.3 Å². The standard InChI is InChI=1S/C29H33N3O2/c1-31-16-14-22-18-25(32(2)24-8-5-21(6-9-24)17-20-3-4-20)10-11-26(22)28(31)12-7-23-19-30-15-13-27(23)29(33)34/h5-6,8-11,13,15,18-20,28H,3-4,7,12,14,16-17H2,1-2H3,(H,33,34)/t28-/m0/s1. The fourth-order valence-electron chi connectivity index (χ4n) is 5.20. The molecule has 3 aromatic rings. The number of nitrogens with zero attached hydrogens (tertiary/aromatic N) is 3. The van der Waals surface area contributed by atoms with Crippen LogP contribution in [0.2, 0.25) is 0 Å². The smallest absolute Gasteiger partial charge is 0.336 e. The van der Waals surface area contributed by atoms with Gasteiger partial charge in [0.05, 0.1) is 5.56 Å².